The minimum Gasteiger partial charge on any atom is -0.489 e. The lowest BCUT2D eigenvalue weighted by Gasteiger charge is -2.27. The number of pyridine rings is 2. The molecule has 0 bridgehead atoms. The molecule has 0 aliphatic carbocycles. The number of carbonyl (C=O) groups is 1. The van der Waals surface area contributed by atoms with Gasteiger partial charge in [0.2, 0.25) is 0 Å². The highest BCUT2D eigenvalue weighted by molar-refractivity contribution is 6.30. The minimum atomic E-state index is -0.537. The van der Waals surface area contributed by atoms with Crippen LogP contribution in [-0.2, 0) is 29.2 Å². The Labute approximate surface area is 245 Å². The normalized spacial score (nSPS) is 14.5. The van der Waals surface area contributed by atoms with Crippen LogP contribution in [0.15, 0.2) is 77.7 Å². The molecule has 0 amide bonds. The van der Waals surface area contributed by atoms with E-state index >= 15 is 0 Å². The number of rotatable bonds is 9. The van der Waals surface area contributed by atoms with Crippen molar-refractivity contribution in [2.24, 2.45) is 0 Å². The van der Waals surface area contributed by atoms with E-state index in [1.807, 2.05) is 22.8 Å². The molecule has 0 saturated carbocycles. The number of imidazole rings is 1. The molecule has 3 aromatic heterocycles. The smallest absolute Gasteiger partial charge is 0.356 e. The Balaban J connectivity index is 1.24. The molecule has 9 nitrogen and oxygen atoms in total. The van der Waals surface area contributed by atoms with Crippen molar-refractivity contribution in [3.05, 3.63) is 111 Å². The molecule has 1 aliphatic rings. The van der Waals surface area contributed by atoms with Crippen LogP contribution in [0.2, 0.25) is 5.02 Å². The van der Waals surface area contributed by atoms with Gasteiger partial charge in [-0.05, 0) is 60.0 Å². The Morgan fingerprint density at radius 1 is 1.10 bits per heavy atom. The van der Waals surface area contributed by atoms with Gasteiger partial charge in [-0.15, -0.1) is 0 Å². The van der Waals surface area contributed by atoms with E-state index in [-0.39, 0.29) is 30.5 Å². The van der Waals surface area contributed by atoms with Crippen LogP contribution in [0, 0.1) is 5.82 Å². The minimum absolute atomic E-state index is 0.00881. The summed E-state index contributed by atoms with van der Waals surface area (Å²) >= 11 is 5.83. The van der Waals surface area contributed by atoms with E-state index in [0.29, 0.717) is 52.0 Å². The number of benzene rings is 2. The lowest BCUT2D eigenvalue weighted by Crippen LogP contribution is -2.32. The lowest BCUT2D eigenvalue weighted by molar-refractivity contribution is -0.0591. The summed E-state index contributed by atoms with van der Waals surface area (Å²) in [6, 6.07) is 18.4. The van der Waals surface area contributed by atoms with Crippen LogP contribution >= 0.6 is 11.6 Å². The standard InChI is InChI=1S/C31H26ClFN4O5/c1-40-31(39)27-8-7-26-30(35-27)37(16-24-10-12-41-24)28(34-26)17-36-11-9-20(14-29(36)38)19-3-2-4-23(13-19)42-18-21-5-6-22(32)15-25(21)33/h2-9,11,13-15,24H,10,12,16-18H2,1H3/t24-/m0/s1. The van der Waals surface area contributed by atoms with Gasteiger partial charge in [0.05, 0.1) is 26.3 Å². The molecule has 1 fully saturated rings. The summed E-state index contributed by atoms with van der Waals surface area (Å²) in [6.45, 7) is 1.43. The van der Waals surface area contributed by atoms with Gasteiger partial charge < -0.3 is 23.3 Å². The van der Waals surface area contributed by atoms with Crippen molar-refractivity contribution < 1.29 is 23.4 Å². The maximum Gasteiger partial charge on any atom is 0.356 e. The van der Waals surface area contributed by atoms with Crippen molar-refractivity contribution in [2.45, 2.75) is 32.2 Å². The quantitative estimate of drug-likeness (QED) is 0.217. The second-order valence-corrected chi connectivity index (χ2v) is 10.3. The molecule has 0 unspecified atom stereocenters. The number of esters is 1. The van der Waals surface area contributed by atoms with Crippen LogP contribution in [-0.4, -0.2) is 44.9 Å². The fraction of sp³-hybridized carbons (Fsp3) is 0.226. The first kappa shape index (κ1) is 27.6. The van der Waals surface area contributed by atoms with Gasteiger partial charge in [-0.25, -0.2) is 19.2 Å². The van der Waals surface area contributed by atoms with Crippen molar-refractivity contribution in [2.75, 3.05) is 13.7 Å². The molecule has 4 heterocycles. The number of carbonyl (C=O) groups excluding carboxylic acids is 1. The number of ether oxygens (including phenoxy) is 3. The topological polar surface area (TPSA) is 97.5 Å². The number of halogens is 2. The van der Waals surface area contributed by atoms with Gasteiger partial charge in [-0.1, -0.05) is 29.8 Å². The summed E-state index contributed by atoms with van der Waals surface area (Å²) in [5.74, 6) is 0.187. The number of hydrogen-bond donors (Lipinski definition) is 0. The lowest BCUT2D eigenvalue weighted by atomic mass is 10.1. The molecule has 6 rings (SSSR count). The van der Waals surface area contributed by atoms with Crippen LogP contribution in [0.25, 0.3) is 22.3 Å². The van der Waals surface area contributed by atoms with Gasteiger partial charge in [0.1, 0.15) is 29.5 Å². The molecule has 2 aromatic carbocycles. The van der Waals surface area contributed by atoms with E-state index in [9.17, 15) is 14.0 Å². The molecule has 1 atom stereocenters. The van der Waals surface area contributed by atoms with Crippen LogP contribution in [0.3, 0.4) is 0 Å². The first-order valence-electron chi connectivity index (χ1n) is 13.3. The molecule has 11 heteroatoms. The van der Waals surface area contributed by atoms with Crippen LogP contribution in [0.5, 0.6) is 5.75 Å². The number of aromatic nitrogens is 4. The van der Waals surface area contributed by atoms with Crippen LogP contribution < -0.4 is 10.3 Å². The molecular formula is C31H26ClFN4O5. The molecule has 1 aliphatic heterocycles. The summed E-state index contributed by atoms with van der Waals surface area (Å²) in [7, 11) is 1.31. The molecule has 42 heavy (non-hydrogen) atoms. The number of methoxy groups -OCH3 is 1. The van der Waals surface area contributed by atoms with E-state index in [0.717, 1.165) is 12.0 Å². The van der Waals surface area contributed by atoms with Crippen molar-refractivity contribution in [3.63, 3.8) is 0 Å². The number of hydrogen-bond acceptors (Lipinski definition) is 7. The van der Waals surface area contributed by atoms with Gasteiger partial charge in [0.25, 0.3) is 5.56 Å². The Kier molecular flexibility index (Phi) is 7.73. The van der Waals surface area contributed by atoms with Crippen molar-refractivity contribution in [1.29, 1.82) is 0 Å². The third-order valence-corrected chi connectivity index (χ3v) is 7.37. The molecular weight excluding hydrogens is 563 g/mol. The number of fused-ring (bicyclic) bond motifs is 1. The molecule has 0 spiro atoms. The zero-order valence-corrected chi connectivity index (χ0v) is 23.4. The van der Waals surface area contributed by atoms with Gasteiger partial charge in [0.15, 0.2) is 11.3 Å². The summed E-state index contributed by atoms with van der Waals surface area (Å²) in [6.07, 6.45) is 2.63. The zero-order chi connectivity index (χ0) is 29.2. The van der Waals surface area contributed by atoms with E-state index in [1.54, 1.807) is 53.2 Å². The summed E-state index contributed by atoms with van der Waals surface area (Å²) in [5, 5.41) is 0.321. The Bertz CT molecular complexity index is 1850. The number of nitrogens with zero attached hydrogens (tertiary/aromatic N) is 4. The fourth-order valence-corrected chi connectivity index (χ4v) is 4.91. The zero-order valence-electron chi connectivity index (χ0n) is 22.6. The largest absolute Gasteiger partial charge is 0.489 e. The van der Waals surface area contributed by atoms with E-state index in [4.69, 9.17) is 30.8 Å². The highest BCUT2D eigenvalue weighted by Gasteiger charge is 2.23. The monoisotopic (exact) mass is 588 g/mol. The van der Waals surface area contributed by atoms with E-state index < -0.39 is 11.8 Å². The Morgan fingerprint density at radius 2 is 1.93 bits per heavy atom. The van der Waals surface area contributed by atoms with Crippen molar-refractivity contribution >= 4 is 28.7 Å². The molecule has 1 saturated heterocycles. The summed E-state index contributed by atoms with van der Waals surface area (Å²) in [4.78, 5) is 34.5. The van der Waals surface area contributed by atoms with Crippen molar-refractivity contribution in [1.82, 2.24) is 19.1 Å². The first-order valence-corrected chi connectivity index (χ1v) is 13.7. The third kappa shape index (κ3) is 5.77. The van der Waals surface area contributed by atoms with Crippen LogP contribution in [0.1, 0.15) is 28.3 Å². The fourth-order valence-electron chi connectivity index (χ4n) is 4.75. The SMILES string of the molecule is COC(=O)c1ccc2nc(Cn3ccc(-c4cccc(OCc5ccc(Cl)cc5F)c4)cc3=O)n(C[C@@H]3CCO3)c2n1. The maximum absolute atomic E-state index is 14.1. The first-order chi connectivity index (χ1) is 20.4. The predicted octanol–water partition coefficient (Wildman–Crippen LogP) is 5.26. The van der Waals surface area contributed by atoms with Gasteiger partial charge in [-0.2, -0.15) is 0 Å². The highest BCUT2D eigenvalue weighted by Crippen LogP contribution is 2.25. The molecule has 0 radical (unpaired) electrons. The maximum atomic E-state index is 14.1. The van der Waals surface area contributed by atoms with Crippen molar-refractivity contribution in [3.8, 4) is 16.9 Å². The molecule has 214 valence electrons. The highest BCUT2D eigenvalue weighted by atomic mass is 35.5. The summed E-state index contributed by atoms with van der Waals surface area (Å²) < 4.78 is 33.9. The second-order valence-electron chi connectivity index (χ2n) is 9.88. The average molecular weight is 589 g/mol. The van der Waals surface area contributed by atoms with E-state index in [1.165, 1.54) is 13.2 Å². The van der Waals surface area contributed by atoms with Gasteiger partial charge >= 0.3 is 5.97 Å². The third-order valence-electron chi connectivity index (χ3n) is 7.13. The summed E-state index contributed by atoms with van der Waals surface area (Å²) in [5.41, 5.74) is 2.98. The average Bonchev–Trinajstić information content (AvgIpc) is 3.31. The molecule has 0 N–H and O–H groups in total. The second kappa shape index (κ2) is 11.8. The Hall–Kier alpha value is -4.54. The Morgan fingerprint density at radius 3 is 2.67 bits per heavy atom. The predicted molar refractivity (Wildman–Crippen MR) is 154 cm³/mol. The van der Waals surface area contributed by atoms with E-state index in [2.05, 4.69) is 4.98 Å². The van der Waals surface area contributed by atoms with Gasteiger partial charge in [-0.3, -0.25) is 4.79 Å². The van der Waals surface area contributed by atoms with Gasteiger partial charge in [0, 0.05) is 29.5 Å². The molecule has 5 aromatic rings. The van der Waals surface area contributed by atoms with Crippen LogP contribution in [0.4, 0.5) is 4.39 Å².